The molecular formula is C25H34N2O5. The highest BCUT2D eigenvalue weighted by Gasteiger charge is 2.46. The predicted molar refractivity (Wildman–Crippen MR) is 121 cm³/mol. The Morgan fingerprint density at radius 1 is 1.00 bits per heavy atom. The van der Waals surface area contributed by atoms with Crippen molar-refractivity contribution in [2.24, 2.45) is 23.7 Å². The van der Waals surface area contributed by atoms with Gasteiger partial charge in [0.2, 0.25) is 5.91 Å². The quantitative estimate of drug-likeness (QED) is 0.322. The number of carboxylic acids is 1. The molecule has 32 heavy (non-hydrogen) atoms. The van der Waals surface area contributed by atoms with Crippen LogP contribution in [-0.4, -0.2) is 42.6 Å². The van der Waals surface area contributed by atoms with Crippen molar-refractivity contribution < 1.29 is 24.2 Å². The Labute approximate surface area is 189 Å². The van der Waals surface area contributed by atoms with Gasteiger partial charge in [0.25, 0.3) is 5.91 Å². The molecule has 2 saturated carbocycles. The Morgan fingerprint density at radius 2 is 1.75 bits per heavy atom. The SMILES string of the molecule is O=C(O)CCC/C=C\C[C@@H]1[C@@H]2CC[C@@H](C2)[C@@H]1CNC(=O)CNC(=O)COc1ccccc1. The highest BCUT2D eigenvalue weighted by Crippen LogP contribution is 2.53. The van der Waals surface area contributed by atoms with Crippen LogP contribution in [0.2, 0.25) is 0 Å². The van der Waals surface area contributed by atoms with Gasteiger partial charge in [-0.1, -0.05) is 30.4 Å². The van der Waals surface area contributed by atoms with Gasteiger partial charge in [-0.2, -0.15) is 0 Å². The van der Waals surface area contributed by atoms with Gasteiger partial charge in [0, 0.05) is 13.0 Å². The van der Waals surface area contributed by atoms with Gasteiger partial charge in [0.05, 0.1) is 6.54 Å². The zero-order valence-electron chi connectivity index (χ0n) is 18.5. The van der Waals surface area contributed by atoms with Crippen LogP contribution in [0.1, 0.15) is 44.9 Å². The molecule has 174 valence electrons. The summed E-state index contributed by atoms with van der Waals surface area (Å²) in [7, 11) is 0. The molecule has 3 N–H and O–H groups in total. The van der Waals surface area contributed by atoms with Crippen molar-refractivity contribution in [2.45, 2.75) is 44.9 Å². The van der Waals surface area contributed by atoms with Gasteiger partial charge in [0.15, 0.2) is 6.61 Å². The van der Waals surface area contributed by atoms with Crippen LogP contribution in [0.3, 0.4) is 0 Å². The molecule has 0 spiro atoms. The van der Waals surface area contributed by atoms with Gasteiger partial charge < -0.3 is 20.5 Å². The summed E-state index contributed by atoms with van der Waals surface area (Å²) < 4.78 is 5.38. The molecule has 1 aromatic carbocycles. The minimum atomic E-state index is -0.748. The largest absolute Gasteiger partial charge is 0.484 e. The Hall–Kier alpha value is -2.83. The van der Waals surface area contributed by atoms with E-state index < -0.39 is 5.97 Å². The number of amides is 2. The molecule has 0 aliphatic heterocycles. The number of carboxylic acid groups (broad SMARTS) is 1. The number of carbonyl (C=O) groups excluding carboxylic acids is 2. The molecule has 2 bridgehead atoms. The number of ether oxygens (including phenoxy) is 1. The smallest absolute Gasteiger partial charge is 0.303 e. The van der Waals surface area contributed by atoms with Crippen molar-refractivity contribution in [3.05, 3.63) is 42.5 Å². The van der Waals surface area contributed by atoms with Crippen molar-refractivity contribution in [2.75, 3.05) is 19.7 Å². The Bertz CT molecular complexity index is 795. The van der Waals surface area contributed by atoms with Crippen molar-refractivity contribution in [3.8, 4) is 5.75 Å². The van der Waals surface area contributed by atoms with E-state index in [-0.39, 0.29) is 31.4 Å². The van der Waals surface area contributed by atoms with Gasteiger partial charge >= 0.3 is 5.97 Å². The second kappa shape index (κ2) is 12.3. The van der Waals surface area contributed by atoms with Crippen LogP contribution >= 0.6 is 0 Å². The lowest BCUT2D eigenvalue weighted by molar-refractivity contribution is -0.137. The molecule has 0 aromatic heterocycles. The summed E-state index contributed by atoms with van der Waals surface area (Å²) in [5.74, 6) is 1.79. The van der Waals surface area contributed by atoms with Crippen LogP contribution in [0.5, 0.6) is 5.75 Å². The third kappa shape index (κ3) is 7.39. The fourth-order valence-electron chi connectivity index (χ4n) is 5.15. The lowest BCUT2D eigenvalue weighted by atomic mass is 9.77. The number of hydrogen-bond donors (Lipinski definition) is 3. The first kappa shape index (κ1) is 23.8. The molecule has 0 radical (unpaired) electrons. The lowest BCUT2D eigenvalue weighted by Gasteiger charge is -2.30. The second-order valence-electron chi connectivity index (χ2n) is 8.84. The molecule has 2 fully saturated rings. The van der Waals surface area contributed by atoms with Crippen molar-refractivity contribution >= 4 is 17.8 Å². The summed E-state index contributed by atoms with van der Waals surface area (Å²) in [6.07, 6.45) is 10.7. The number of aliphatic carboxylic acids is 1. The molecule has 2 aliphatic rings. The molecule has 0 unspecified atom stereocenters. The Balaban J connectivity index is 1.34. The molecule has 4 atom stereocenters. The molecule has 1 aromatic rings. The Kier molecular flexibility index (Phi) is 9.13. The van der Waals surface area contributed by atoms with E-state index in [2.05, 4.69) is 22.8 Å². The summed E-state index contributed by atoms with van der Waals surface area (Å²) in [5.41, 5.74) is 0. The fraction of sp³-hybridized carbons (Fsp3) is 0.560. The zero-order chi connectivity index (χ0) is 22.8. The highest BCUT2D eigenvalue weighted by atomic mass is 16.5. The zero-order valence-corrected chi connectivity index (χ0v) is 18.5. The molecule has 3 rings (SSSR count). The number of allylic oxidation sites excluding steroid dienone is 2. The molecule has 0 heterocycles. The van der Waals surface area contributed by atoms with Crippen LogP contribution < -0.4 is 15.4 Å². The van der Waals surface area contributed by atoms with Gasteiger partial charge in [0.1, 0.15) is 5.75 Å². The molecule has 7 heteroatoms. The number of carbonyl (C=O) groups is 3. The van der Waals surface area contributed by atoms with E-state index in [9.17, 15) is 14.4 Å². The standard InChI is InChI=1S/C25H34N2O5/c28-23(16-27-24(29)17-32-20-8-4-3-5-9-20)26-15-22-19-13-12-18(14-19)21(22)10-6-1-2-7-11-25(30)31/h1,3-6,8-9,18-19,21-22H,2,7,10-17H2,(H,26,28)(H,27,29)(H,30,31)/b6-1-/t18-,19+,21-,22+/m1/s1. The average Bonchev–Trinajstić information content (AvgIpc) is 3.39. The first-order valence-electron chi connectivity index (χ1n) is 11.6. The summed E-state index contributed by atoms with van der Waals surface area (Å²) >= 11 is 0. The number of nitrogens with one attached hydrogen (secondary N) is 2. The first-order chi connectivity index (χ1) is 15.5. The highest BCUT2D eigenvalue weighted by molar-refractivity contribution is 5.85. The maximum atomic E-state index is 12.3. The summed E-state index contributed by atoms with van der Waals surface area (Å²) in [5, 5.41) is 14.3. The topological polar surface area (TPSA) is 105 Å². The predicted octanol–water partition coefficient (Wildman–Crippen LogP) is 3.16. The van der Waals surface area contributed by atoms with Crippen LogP contribution in [0.25, 0.3) is 0 Å². The van der Waals surface area contributed by atoms with E-state index in [0.29, 0.717) is 36.5 Å². The third-order valence-electron chi connectivity index (χ3n) is 6.71. The van der Waals surface area contributed by atoms with Crippen molar-refractivity contribution in [1.29, 1.82) is 0 Å². The second-order valence-corrected chi connectivity index (χ2v) is 8.84. The van der Waals surface area contributed by atoms with Gasteiger partial charge in [-0.05, 0) is 74.3 Å². The molecule has 0 saturated heterocycles. The number of para-hydroxylation sites is 1. The van der Waals surface area contributed by atoms with Crippen LogP contribution in [0.4, 0.5) is 0 Å². The summed E-state index contributed by atoms with van der Waals surface area (Å²) in [6, 6.07) is 9.09. The van der Waals surface area contributed by atoms with E-state index in [4.69, 9.17) is 9.84 Å². The summed E-state index contributed by atoms with van der Waals surface area (Å²) in [4.78, 5) is 34.7. The number of benzene rings is 1. The van der Waals surface area contributed by atoms with E-state index in [1.165, 1.54) is 19.3 Å². The lowest BCUT2D eigenvalue weighted by Crippen LogP contribution is -2.42. The van der Waals surface area contributed by atoms with Gasteiger partial charge in [-0.15, -0.1) is 0 Å². The monoisotopic (exact) mass is 442 g/mol. The minimum absolute atomic E-state index is 0.0497. The molecule has 2 aliphatic carbocycles. The maximum absolute atomic E-state index is 12.3. The van der Waals surface area contributed by atoms with E-state index in [1.807, 2.05) is 18.2 Å². The van der Waals surface area contributed by atoms with E-state index >= 15 is 0 Å². The third-order valence-corrected chi connectivity index (χ3v) is 6.71. The number of unbranched alkanes of at least 4 members (excludes halogenated alkanes) is 1. The molecule has 7 nitrogen and oxygen atoms in total. The van der Waals surface area contributed by atoms with Crippen LogP contribution in [0.15, 0.2) is 42.5 Å². The normalized spacial score (nSPS) is 23.9. The molecule has 2 amide bonds. The van der Waals surface area contributed by atoms with E-state index in [0.717, 1.165) is 18.8 Å². The first-order valence-corrected chi connectivity index (χ1v) is 11.6. The van der Waals surface area contributed by atoms with E-state index in [1.54, 1.807) is 12.1 Å². The molecular weight excluding hydrogens is 408 g/mol. The fourth-order valence-corrected chi connectivity index (χ4v) is 5.15. The Morgan fingerprint density at radius 3 is 2.50 bits per heavy atom. The average molecular weight is 443 g/mol. The van der Waals surface area contributed by atoms with Crippen molar-refractivity contribution in [1.82, 2.24) is 10.6 Å². The number of fused-ring (bicyclic) bond motifs is 2. The van der Waals surface area contributed by atoms with Gasteiger partial charge in [-0.25, -0.2) is 0 Å². The maximum Gasteiger partial charge on any atom is 0.303 e. The van der Waals surface area contributed by atoms with Gasteiger partial charge in [-0.3, -0.25) is 14.4 Å². The number of hydrogen-bond acceptors (Lipinski definition) is 4. The summed E-state index contributed by atoms with van der Waals surface area (Å²) in [6.45, 7) is 0.477. The minimum Gasteiger partial charge on any atom is -0.484 e. The van der Waals surface area contributed by atoms with Crippen molar-refractivity contribution in [3.63, 3.8) is 0 Å². The van der Waals surface area contributed by atoms with Crippen LogP contribution in [0, 0.1) is 23.7 Å². The van der Waals surface area contributed by atoms with Crippen LogP contribution in [-0.2, 0) is 14.4 Å². The number of rotatable bonds is 13.